The lowest BCUT2D eigenvalue weighted by atomic mass is 10.1. The van der Waals surface area contributed by atoms with Gasteiger partial charge in [0.05, 0.1) is 0 Å². The molecular weight excluding hydrogens is 262 g/mol. The SMILES string of the molecule is CCCCCCNC(=O)C(/C=C/c1ccccc1)OCC. The highest BCUT2D eigenvalue weighted by atomic mass is 16.5. The summed E-state index contributed by atoms with van der Waals surface area (Å²) in [5.74, 6) is -0.0551. The van der Waals surface area contributed by atoms with E-state index in [0.29, 0.717) is 6.61 Å². The van der Waals surface area contributed by atoms with Crippen molar-refractivity contribution in [3.05, 3.63) is 42.0 Å². The predicted octanol–water partition coefficient (Wildman–Crippen LogP) is 3.80. The molecule has 0 radical (unpaired) electrons. The average Bonchev–Trinajstić information content (AvgIpc) is 2.52. The zero-order valence-corrected chi connectivity index (χ0v) is 13.2. The topological polar surface area (TPSA) is 38.3 Å². The first kappa shape index (κ1) is 17.4. The van der Waals surface area contributed by atoms with Gasteiger partial charge in [-0.3, -0.25) is 4.79 Å². The van der Waals surface area contributed by atoms with E-state index in [1.54, 1.807) is 0 Å². The molecule has 0 spiro atoms. The summed E-state index contributed by atoms with van der Waals surface area (Å²) in [5, 5.41) is 2.95. The number of unbranched alkanes of at least 4 members (excludes halogenated alkanes) is 3. The average molecular weight is 289 g/mol. The minimum atomic E-state index is -0.513. The van der Waals surface area contributed by atoms with Crippen molar-refractivity contribution in [2.24, 2.45) is 0 Å². The Balaban J connectivity index is 2.44. The van der Waals surface area contributed by atoms with E-state index in [1.807, 2.05) is 49.4 Å². The highest BCUT2D eigenvalue weighted by Gasteiger charge is 2.14. The molecule has 0 saturated carbocycles. The van der Waals surface area contributed by atoms with Gasteiger partial charge in [0.15, 0.2) is 6.10 Å². The first-order valence-electron chi connectivity index (χ1n) is 7.90. The van der Waals surface area contributed by atoms with Crippen LogP contribution in [0, 0.1) is 0 Å². The molecule has 3 heteroatoms. The first-order valence-corrected chi connectivity index (χ1v) is 7.90. The summed E-state index contributed by atoms with van der Waals surface area (Å²) in [6.07, 6.45) is 7.85. The van der Waals surface area contributed by atoms with Crippen LogP contribution in [0.4, 0.5) is 0 Å². The van der Waals surface area contributed by atoms with E-state index < -0.39 is 6.10 Å². The van der Waals surface area contributed by atoms with E-state index in [9.17, 15) is 4.79 Å². The Morgan fingerprint density at radius 1 is 1.19 bits per heavy atom. The van der Waals surface area contributed by atoms with Crippen LogP contribution in [-0.2, 0) is 9.53 Å². The molecule has 0 aliphatic rings. The molecule has 1 amide bonds. The van der Waals surface area contributed by atoms with E-state index >= 15 is 0 Å². The van der Waals surface area contributed by atoms with Gasteiger partial charge in [0.2, 0.25) is 0 Å². The maximum atomic E-state index is 12.1. The Bertz CT molecular complexity index is 414. The Hall–Kier alpha value is -1.61. The third-order valence-electron chi connectivity index (χ3n) is 3.20. The van der Waals surface area contributed by atoms with Gasteiger partial charge in [-0.25, -0.2) is 0 Å². The Labute approximate surface area is 128 Å². The minimum absolute atomic E-state index is 0.0551. The van der Waals surface area contributed by atoms with Crippen molar-refractivity contribution >= 4 is 12.0 Å². The van der Waals surface area contributed by atoms with Gasteiger partial charge in [-0.05, 0) is 25.0 Å². The molecule has 0 heterocycles. The maximum Gasteiger partial charge on any atom is 0.253 e. The summed E-state index contributed by atoms with van der Waals surface area (Å²) in [7, 11) is 0. The van der Waals surface area contributed by atoms with Gasteiger partial charge in [-0.1, -0.05) is 62.6 Å². The summed E-state index contributed by atoms with van der Waals surface area (Å²) in [4.78, 5) is 12.1. The number of hydrogen-bond donors (Lipinski definition) is 1. The zero-order valence-electron chi connectivity index (χ0n) is 13.2. The van der Waals surface area contributed by atoms with E-state index in [2.05, 4.69) is 12.2 Å². The zero-order chi connectivity index (χ0) is 15.3. The Morgan fingerprint density at radius 3 is 2.62 bits per heavy atom. The smallest absolute Gasteiger partial charge is 0.253 e. The predicted molar refractivity (Wildman–Crippen MR) is 88.0 cm³/mol. The number of rotatable bonds is 10. The van der Waals surface area contributed by atoms with Crippen LogP contribution in [0.5, 0.6) is 0 Å². The van der Waals surface area contributed by atoms with Crippen LogP contribution >= 0.6 is 0 Å². The van der Waals surface area contributed by atoms with Crippen molar-refractivity contribution in [2.45, 2.75) is 45.6 Å². The van der Waals surface area contributed by atoms with Gasteiger partial charge in [0.1, 0.15) is 0 Å². The highest BCUT2D eigenvalue weighted by molar-refractivity contribution is 5.83. The van der Waals surface area contributed by atoms with Crippen LogP contribution in [0.25, 0.3) is 6.08 Å². The van der Waals surface area contributed by atoms with E-state index in [4.69, 9.17) is 4.74 Å². The third kappa shape index (κ3) is 7.66. The third-order valence-corrected chi connectivity index (χ3v) is 3.20. The molecule has 0 aliphatic heterocycles. The fourth-order valence-electron chi connectivity index (χ4n) is 2.02. The van der Waals surface area contributed by atoms with E-state index in [0.717, 1.165) is 24.9 Å². The van der Waals surface area contributed by atoms with Crippen molar-refractivity contribution in [1.29, 1.82) is 0 Å². The molecule has 1 rings (SSSR count). The highest BCUT2D eigenvalue weighted by Crippen LogP contribution is 2.05. The summed E-state index contributed by atoms with van der Waals surface area (Å²) in [6.45, 7) is 5.32. The molecule has 0 fully saturated rings. The summed E-state index contributed by atoms with van der Waals surface area (Å²) < 4.78 is 5.50. The van der Waals surface area contributed by atoms with Crippen molar-refractivity contribution in [2.75, 3.05) is 13.2 Å². The molecule has 3 nitrogen and oxygen atoms in total. The minimum Gasteiger partial charge on any atom is -0.365 e. The number of amides is 1. The van der Waals surface area contributed by atoms with Crippen molar-refractivity contribution in [3.8, 4) is 0 Å². The van der Waals surface area contributed by atoms with Crippen LogP contribution in [0.15, 0.2) is 36.4 Å². The monoisotopic (exact) mass is 289 g/mol. The largest absolute Gasteiger partial charge is 0.365 e. The number of carbonyl (C=O) groups is 1. The molecule has 0 bridgehead atoms. The van der Waals surface area contributed by atoms with Crippen molar-refractivity contribution in [1.82, 2.24) is 5.32 Å². The molecule has 1 N–H and O–H groups in total. The summed E-state index contributed by atoms with van der Waals surface area (Å²) in [6, 6.07) is 9.93. The van der Waals surface area contributed by atoms with Gasteiger partial charge in [0, 0.05) is 13.2 Å². The lowest BCUT2D eigenvalue weighted by molar-refractivity contribution is -0.129. The number of ether oxygens (including phenoxy) is 1. The van der Waals surface area contributed by atoms with Gasteiger partial charge < -0.3 is 10.1 Å². The molecule has 1 unspecified atom stereocenters. The molecule has 1 aromatic carbocycles. The number of benzene rings is 1. The second-order valence-corrected chi connectivity index (χ2v) is 5.00. The molecular formula is C18H27NO2. The molecule has 1 aromatic rings. The molecule has 0 aliphatic carbocycles. The maximum absolute atomic E-state index is 12.1. The fourth-order valence-corrected chi connectivity index (χ4v) is 2.02. The molecule has 0 aromatic heterocycles. The van der Waals surface area contributed by atoms with Gasteiger partial charge in [0.25, 0.3) is 5.91 Å². The van der Waals surface area contributed by atoms with Gasteiger partial charge in [-0.15, -0.1) is 0 Å². The number of nitrogens with one attached hydrogen (secondary N) is 1. The van der Waals surface area contributed by atoms with E-state index in [1.165, 1.54) is 12.8 Å². The summed E-state index contributed by atoms with van der Waals surface area (Å²) >= 11 is 0. The van der Waals surface area contributed by atoms with Crippen LogP contribution in [0.1, 0.15) is 45.1 Å². The van der Waals surface area contributed by atoms with Crippen molar-refractivity contribution in [3.63, 3.8) is 0 Å². The molecule has 0 saturated heterocycles. The van der Waals surface area contributed by atoms with Crippen LogP contribution in [0.2, 0.25) is 0 Å². The number of carbonyl (C=O) groups excluding carboxylic acids is 1. The second kappa shape index (κ2) is 11.1. The van der Waals surface area contributed by atoms with Crippen LogP contribution in [0.3, 0.4) is 0 Å². The summed E-state index contributed by atoms with van der Waals surface area (Å²) in [5.41, 5.74) is 1.07. The second-order valence-electron chi connectivity index (χ2n) is 5.00. The van der Waals surface area contributed by atoms with E-state index in [-0.39, 0.29) is 5.91 Å². The fraction of sp³-hybridized carbons (Fsp3) is 0.500. The quantitative estimate of drug-likeness (QED) is 0.665. The van der Waals surface area contributed by atoms with Crippen molar-refractivity contribution < 1.29 is 9.53 Å². The molecule has 21 heavy (non-hydrogen) atoms. The van der Waals surface area contributed by atoms with Gasteiger partial charge >= 0.3 is 0 Å². The first-order chi connectivity index (χ1) is 10.3. The van der Waals surface area contributed by atoms with Gasteiger partial charge in [-0.2, -0.15) is 0 Å². The van der Waals surface area contributed by atoms with Crippen LogP contribution in [-0.4, -0.2) is 25.2 Å². The lowest BCUT2D eigenvalue weighted by Crippen LogP contribution is -2.35. The van der Waals surface area contributed by atoms with Crippen LogP contribution < -0.4 is 5.32 Å². The Kier molecular flexibility index (Phi) is 9.21. The lowest BCUT2D eigenvalue weighted by Gasteiger charge is -2.13. The molecule has 1 atom stereocenters. The number of hydrogen-bond acceptors (Lipinski definition) is 2. The Morgan fingerprint density at radius 2 is 1.95 bits per heavy atom. The molecule has 116 valence electrons. The normalized spacial score (nSPS) is 12.5. The standard InChI is InChI=1S/C18H27NO2/c1-3-5-6-10-15-19-18(20)17(21-4-2)14-13-16-11-8-7-9-12-16/h7-9,11-14,17H,3-6,10,15H2,1-2H3,(H,19,20)/b14-13+.